The Morgan fingerprint density at radius 2 is 1.88 bits per heavy atom. The lowest BCUT2D eigenvalue weighted by Gasteiger charge is -2.21. The number of nitriles is 1. The fraction of sp³-hybridized carbons (Fsp3) is 0.263. The van der Waals surface area contributed by atoms with Crippen LogP contribution in [0, 0.1) is 18.3 Å². The van der Waals surface area contributed by atoms with E-state index in [0.717, 1.165) is 22.4 Å². The molecule has 2 aromatic carbocycles. The van der Waals surface area contributed by atoms with Crippen LogP contribution in [0.5, 0.6) is 0 Å². The number of hydrogen-bond acceptors (Lipinski definition) is 3. The summed E-state index contributed by atoms with van der Waals surface area (Å²) in [5.74, 6) is -0.131. The average Bonchev–Trinajstić information content (AvgIpc) is 2.84. The maximum absolute atomic E-state index is 12.8. The highest BCUT2D eigenvalue weighted by atomic mass is 35.5. The van der Waals surface area contributed by atoms with Crippen molar-refractivity contribution in [2.75, 3.05) is 19.0 Å². The molecule has 0 bridgehead atoms. The summed E-state index contributed by atoms with van der Waals surface area (Å²) < 4.78 is 0. The normalized spacial score (nSPS) is 16.0. The molecule has 4 nitrogen and oxygen atoms in total. The molecule has 1 aliphatic heterocycles. The van der Waals surface area contributed by atoms with Crippen molar-refractivity contribution >= 4 is 23.2 Å². The number of benzene rings is 2. The second-order valence-corrected chi connectivity index (χ2v) is 6.57. The van der Waals surface area contributed by atoms with Gasteiger partial charge in [0.25, 0.3) is 5.91 Å². The van der Waals surface area contributed by atoms with Gasteiger partial charge in [-0.2, -0.15) is 5.26 Å². The fourth-order valence-electron chi connectivity index (χ4n) is 3.05. The van der Waals surface area contributed by atoms with E-state index in [-0.39, 0.29) is 5.91 Å². The first kappa shape index (κ1) is 16.4. The first-order chi connectivity index (χ1) is 11.4. The average molecular weight is 340 g/mol. The van der Waals surface area contributed by atoms with Crippen LogP contribution in [0.3, 0.4) is 0 Å². The van der Waals surface area contributed by atoms with Crippen LogP contribution in [0.2, 0.25) is 5.02 Å². The monoisotopic (exact) mass is 339 g/mol. The van der Waals surface area contributed by atoms with E-state index in [9.17, 15) is 10.1 Å². The zero-order chi connectivity index (χ0) is 17.4. The minimum atomic E-state index is -0.572. The van der Waals surface area contributed by atoms with Crippen molar-refractivity contribution in [1.82, 2.24) is 4.90 Å². The minimum absolute atomic E-state index is 0.131. The van der Waals surface area contributed by atoms with Crippen molar-refractivity contribution < 1.29 is 4.79 Å². The number of carbonyl (C=O) groups excluding carboxylic acids is 1. The Hall–Kier alpha value is -2.51. The van der Waals surface area contributed by atoms with Crippen molar-refractivity contribution in [3.63, 3.8) is 0 Å². The van der Waals surface area contributed by atoms with Gasteiger partial charge in [-0.05, 0) is 36.2 Å². The quantitative estimate of drug-likeness (QED) is 0.851. The predicted octanol–water partition coefficient (Wildman–Crippen LogP) is 3.94. The van der Waals surface area contributed by atoms with Gasteiger partial charge in [-0.15, -0.1) is 0 Å². The molecule has 0 spiro atoms. The van der Waals surface area contributed by atoms with Crippen molar-refractivity contribution in [2.45, 2.75) is 19.5 Å². The van der Waals surface area contributed by atoms with Crippen LogP contribution in [0.25, 0.3) is 0 Å². The third-order valence-electron chi connectivity index (χ3n) is 4.44. The molecule has 5 heteroatoms. The van der Waals surface area contributed by atoms with Gasteiger partial charge >= 0.3 is 0 Å². The summed E-state index contributed by atoms with van der Waals surface area (Å²) in [5, 5.41) is 10.1. The Kier molecular flexibility index (Phi) is 4.21. The van der Waals surface area contributed by atoms with Crippen molar-refractivity contribution in [3.05, 3.63) is 63.7 Å². The standard InChI is InChI=1S/C19H18ClN3O/c1-12-16(20)9-8-15-17(10-21)23(19(24)18(12)15)11-13-4-6-14(7-5-13)22(2)3/h4-9,17H,11H2,1-3H3. The first-order valence-electron chi connectivity index (χ1n) is 7.70. The van der Waals surface area contributed by atoms with Gasteiger partial charge in [-0.3, -0.25) is 4.79 Å². The van der Waals surface area contributed by atoms with Gasteiger partial charge in [0.1, 0.15) is 6.04 Å². The predicted molar refractivity (Wildman–Crippen MR) is 95.2 cm³/mol. The van der Waals surface area contributed by atoms with E-state index in [0.29, 0.717) is 17.1 Å². The molecule has 1 amide bonds. The molecule has 0 saturated heterocycles. The van der Waals surface area contributed by atoms with E-state index < -0.39 is 6.04 Å². The molecular formula is C19H18ClN3O. The Balaban J connectivity index is 1.93. The zero-order valence-corrected chi connectivity index (χ0v) is 14.6. The Morgan fingerprint density at radius 1 is 1.21 bits per heavy atom. The number of anilines is 1. The maximum Gasteiger partial charge on any atom is 0.256 e. The maximum atomic E-state index is 12.8. The molecule has 1 heterocycles. The number of fused-ring (bicyclic) bond motifs is 1. The Labute approximate surface area is 146 Å². The van der Waals surface area contributed by atoms with E-state index in [1.54, 1.807) is 17.0 Å². The second kappa shape index (κ2) is 6.18. The number of amides is 1. The minimum Gasteiger partial charge on any atom is -0.378 e. The highest BCUT2D eigenvalue weighted by molar-refractivity contribution is 6.32. The zero-order valence-electron chi connectivity index (χ0n) is 13.9. The molecule has 1 unspecified atom stereocenters. The van der Waals surface area contributed by atoms with Gasteiger partial charge < -0.3 is 9.80 Å². The summed E-state index contributed by atoms with van der Waals surface area (Å²) >= 11 is 6.15. The van der Waals surface area contributed by atoms with E-state index in [4.69, 9.17) is 11.6 Å². The van der Waals surface area contributed by atoms with Gasteiger partial charge in [-0.1, -0.05) is 29.8 Å². The van der Waals surface area contributed by atoms with Crippen molar-refractivity contribution in [2.24, 2.45) is 0 Å². The lowest BCUT2D eigenvalue weighted by atomic mass is 10.0. The SMILES string of the molecule is Cc1c(Cl)ccc2c1C(=O)N(Cc1ccc(N(C)C)cc1)C2C#N. The van der Waals surface area contributed by atoms with Crippen LogP contribution in [0.4, 0.5) is 5.69 Å². The summed E-state index contributed by atoms with van der Waals surface area (Å²) in [7, 11) is 3.96. The third-order valence-corrected chi connectivity index (χ3v) is 4.85. The van der Waals surface area contributed by atoms with Crippen LogP contribution in [-0.2, 0) is 6.54 Å². The van der Waals surface area contributed by atoms with Crippen LogP contribution >= 0.6 is 11.6 Å². The molecule has 0 radical (unpaired) electrons. The van der Waals surface area contributed by atoms with Gasteiger partial charge in [0, 0.05) is 36.9 Å². The molecule has 24 heavy (non-hydrogen) atoms. The van der Waals surface area contributed by atoms with Crippen LogP contribution in [0.1, 0.15) is 33.1 Å². The molecule has 0 N–H and O–H groups in total. The summed E-state index contributed by atoms with van der Waals surface area (Å²) in [5.41, 5.74) is 4.14. The van der Waals surface area contributed by atoms with Crippen LogP contribution in [0.15, 0.2) is 36.4 Å². The fourth-order valence-corrected chi connectivity index (χ4v) is 3.20. The Bertz CT molecular complexity index is 837. The summed E-state index contributed by atoms with van der Waals surface area (Å²) in [6, 6.07) is 13.2. The number of halogens is 1. The lowest BCUT2D eigenvalue weighted by Crippen LogP contribution is -2.27. The van der Waals surface area contributed by atoms with Crippen LogP contribution < -0.4 is 4.90 Å². The lowest BCUT2D eigenvalue weighted by molar-refractivity contribution is 0.0744. The summed E-state index contributed by atoms with van der Waals surface area (Å²) in [6.45, 7) is 2.22. The third kappa shape index (κ3) is 2.61. The molecule has 1 atom stereocenters. The smallest absolute Gasteiger partial charge is 0.256 e. The van der Waals surface area contributed by atoms with Crippen LogP contribution in [-0.4, -0.2) is 24.9 Å². The summed E-state index contributed by atoms with van der Waals surface area (Å²) in [4.78, 5) is 16.5. The number of rotatable bonds is 3. The van der Waals surface area contributed by atoms with Gasteiger partial charge in [0.15, 0.2) is 0 Å². The molecule has 0 aromatic heterocycles. The van der Waals surface area contributed by atoms with Gasteiger partial charge in [0.2, 0.25) is 0 Å². The van der Waals surface area contributed by atoms with E-state index in [1.165, 1.54) is 0 Å². The van der Waals surface area contributed by atoms with Gasteiger partial charge in [-0.25, -0.2) is 0 Å². The highest BCUT2D eigenvalue weighted by Crippen LogP contribution is 2.38. The van der Waals surface area contributed by atoms with E-state index >= 15 is 0 Å². The first-order valence-corrected chi connectivity index (χ1v) is 8.07. The van der Waals surface area contributed by atoms with Crippen molar-refractivity contribution in [3.8, 4) is 6.07 Å². The number of nitrogens with zero attached hydrogens (tertiary/aromatic N) is 3. The van der Waals surface area contributed by atoms with E-state index in [1.807, 2.05) is 50.2 Å². The topological polar surface area (TPSA) is 47.3 Å². The highest BCUT2D eigenvalue weighted by Gasteiger charge is 2.38. The van der Waals surface area contributed by atoms with E-state index in [2.05, 4.69) is 6.07 Å². The number of carbonyl (C=O) groups is 1. The van der Waals surface area contributed by atoms with Gasteiger partial charge in [0.05, 0.1) is 11.6 Å². The Morgan fingerprint density at radius 3 is 2.46 bits per heavy atom. The molecule has 0 fully saturated rings. The summed E-state index contributed by atoms with van der Waals surface area (Å²) in [6.07, 6.45) is 0. The molecule has 2 aromatic rings. The largest absolute Gasteiger partial charge is 0.378 e. The molecule has 122 valence electrons. The second-order valence-electron chi connectivity index (χ2n) is 6.16. The molecule has 1 aliphatic rings. The molecule has 0 aliphatic carbocycles. The number of hydrogen-bond donors (Lipinski definition) is 0. The molecule has 3 rings (SSSR count). The molecular weight excluding hydrogens is 322 g/mol. The molecule has 0 saturated carbocycles. The van der Waals surface area contributed by atoms with Crippen molar-refractivity contribution in [1.29, 1.82) is 5.26 Å².